The summed E-state index contributed by atoms with van der Waals surface area (Å²) in [6.07, 6.45) is 4.51. The van der Waals surface area contributed by atoms with Crippen molar-refractivity contribution in [2.24, 2.45) is 5.92 Å². The molecule has 3 aromatic rings. The molecule has 0 saturated heterocycles. The second-order valence-electron chi connectivity index (χ2n) is 13.6. The van der Waals surface area contributed by atoms with Gasteiger partial charge in [-0.25, -0.2) is 0 Å². The number of amides is 1. The van der Waals surface area contributed by atoms with Gasteiger partial charge in [-0.3, -0.25) is 15.0 Å². The number of hydrogen-bond donors (Lipinski definition) is 2. The number of carbonyl (C=O) groups is 2. The summed E-state index contributed by atoms with van der Waals surface area (Å²) in [5, 5.41) is 18.2. The molecule has 6 nitrogen and oxygen atoms in total. The fourth-order valence-corrected chi connectivity index (χ4v) is 5.62. The van der Waals surface area contributed by atoms with E-state index in [1.165, 1.54) is 11.1 Å². The van der Waals surface area contributed by atoms with Crippen LogP contribution >= 0.6 is 0 Å². The van der Waals surface area contributed by atoms with Gasteiger partial charge in [0, 0.05) is 24.4 Å². The van der Waals surface area contributed by atoms with Crippen molar-refractivity contribution in [2.45, 2.75) is 119 Å². The minimum absolute atomic E-state index is 0.00408. The zero-order chi connectivity index (χ0) is 36.1. The number of carboxylic acids is 1. The van der Waals surface area contributed by atoms with Crippen LogP contribution in [0.4, 0.5) is 0 Å². The molecule has 0 unspecified atom stereocenters. The summed E-state index contributed by atoms with van der Waals surface area (Å²) < 4.78 is 5.75. The summed E-state index contributed by atoms with van der Waals surface area (Å²) in [7, 11) is 0. The van der Waals surface area contributed by atoms with Gasteiger partial charge in [0.25, 0.3) is 0 Å². The van der Waals surface area contributed by atoms with Crippen molar-refractivity contribution in [3.05, 3.63) is 89.0 Å². The first-order chi connectivity index (χ1) is 22.8. The standard InChI is InChI=1S/C28H36N2O4.C12H18.C2H6/c1-5-30(26(31)19(3)4)25(29)12-8-10-20-9-7-11-21(17-20)22-13-14-24(34-6-2)23(18-22)28(15-16-28)27(32)33;1-5-10-6-8-11(9-7-10)12(2,3)4;1-2/h7,9,11,13-14,17-19,29H,5-6,8,10,12,15-16H2,1-4H3,(H,32,33);6-9H,5H2,1-4H3;1-2H3. The maximum absolute atomic E-state index is 12.3. The van der Waals surface area contributed by atoms with E-state index in [-0.39, 0.29) is 17.2 Å². The summed E-state index contributed by atoms with van der Waals surface area (Å²) >= 11 is 0. The fourth-order valence-electron chi connectivity index (χ4n) is 5.62. The van der Waals surface area contributed by atoms with Crippen molar-refractivity contribution < 1.29 is 19.4 Å². The first kappa shape index (κ1) is 40.2. The Morgan fingerprint density at radius 2 is 1.54 bits per heavy atom. The number of ether oxygens (including phenoxy) is 1. The van der Waals surface area contributed by atoms with Gasteiger partial charge in [0.15, 0.2) is 0 Å². The number of aryl methyl sites for hydroxylation is 2. The Bertz CT molecular complexity index is 1480. The number of nitrogens with zero attached hydrogens (tertiary/aromatic N) is 1. The normalized spacial score (nSPS) is 13.0. The Morgan fingerprint density at radius 1 is 0.917 bits per heavy atom. The van der Waals surface area contributed by atoms with Crippen LogP contribution < -0.4 is 4.74 Å². The molecule has 0 aromatic heterocycles. The molecule has 2 N–H and O–H groups in total. The van der Waals surface area contributed by atoms with Crippen LogP contribution in [0.3, 0.4) is 0 Å². The van der Waals surface area contributed by atoms with Gasteiger partial charge in [-0.15, -0.1) is 0 Å². The van der Waals surface area contributed by atoms with Gasteiger partial charge in [-0.05, 0) is 91.3 Å². The minimum Gasteiger partial charge on any atom is -0.494 e. The first-order valence-corrected chi connectivity index (χ1v) is 17.9. The summed E-state index contributed by atoms with van der Waals surface area (Å²) in [4.78, 5) is 25.8. The number of rotatable bonds is 12. The van der Waals surface area contributed by atoms with Gasteiger partial charge in [0.2, 0.25) is 5.91 Å². The lowest BCUT2D eigenvalue weighted by molar-refractivity contribution is -0.140. The van der Waals surface area contributed by atoms with E-state index in [1.807, 2.05) is 71.9 Å². The van der Waals surface area contributed by atoms with E-state index < -0.39 is 11.4 Å². The molecule has 0 bridgehead atoms. The second kappa shape index (κ2) is 18.6. The molecule has 0 radical (unpaired) electrons. The maximum Gasteiger partial charge on any atom is 0.314 e. The van der Waals surface area contributed by atoms with Crippen LogP contribution in [0.25, 0.3) is 11.1 Å². The molecule has 262 valence electrons. The van der Waals surface area contributed by atoms with Crippen molar-refractivity contribution in [3.63, 3.8) is 0 Å². The smallest absolute Gasteiger partial charge is 0.314 e. The highest BCUT2D eigenvalue weighted by molar-refractivity contribution is 5.97. The van der Waals surface area contributed by atoms with Crippen molar-refractivity contribution in [2.75, 3.05) is 13.2 Å². The van der Waals surface area contributed by atoms with Crippen LogP contribution in [0.2, 0.25) is 0 Å². The third kappa shape index (κ3) is 10.8. The average Bonchev–Trinajstić information content (AvgIpc) is 3.89. The van der Waals surface area contributed by atoms with Crippen molar-refractivity contribution in [1.29, 1.82) is 5.41 Å². The topological polar surface area (TPSA) is 90.7 Å². The molecule has 4 rings (SSSR count). The van der Waals surface area contributed by atoms with Gasteiger partial charge in [-0.1, -0.05) is 110 Å². The van der Waals surface area contributed by atoms with Crippen molar-refractivity contribution >= 4 is 17.7 Å². The maximum atomic E-state index is 12.3. The molecule has 1 fully saturated rings. The monoisotopic (exact) mass is 656 g/mol. The third-order valence-corrected chi connectivity index (χ3v) is 8.72. The first-order valence-electron chi connectivity index (χ1n) is 17.9. The molecule has 1 saturated carbocycles. The molecule has 0 heterocycles. The molecule has 3 aromatic carbocycles. The highest BCUT2D eigenvalue weighted by Gasteiger charge is 2.53. The molecule has 1 aliphatic carbocycles. The average molecular weight is 657 g/mol. The number of benzene rings is 3. The van der Waals surface area contributed by atoms with E-state index in [9.17, 15) is 14.7 Å². The van der Waals surface area contributed by atoms with Crippen LogP contribution in [0.1, 0.15) is 117 Å². The highest BCUT2D eigenvalue weighted by Crippen LogP contribution is 2.52. The van der Waals surface area contributed by atoms with E-state index in [0.29, 0.717) is 44.0 Å². The number of carboxylic acid groups (broad SMARTS) is 1. The van der Waals surface area contributed by atoms with E-state index in [2.05, 4.69) is 64.1 Å². The number of nitrogens with one attached hydrogen (secondary N) is 1. The Labute approximate surface area is 290 Å². The van der Waals surface area contributed by atoms with Crippen LogP contribution in [-0.4, -0.2) is 40.9 Å². The van der Waals surface area contributed by atoms with E-state index in [0.717, 1.165) is 41.5 Å². The summed E-state index contributed by atoms with van der Waals surface area (Å²) in [5.41, 5.74) is 6.20. The summed E-state index contributed by atoms with van der Waals surface area (Å²) in [6, 6.07) is 23.0. The Kier molecular flexibility index (Phi) is 15.6. The van der Waals surface area contributed by atoms with Gasteiger partial charge in [0.1, 0.15) is 11.6 Å². The Balaban J connectivity index is 0.000000478. The number of aliphatic carboxylic acids is 1. The van der Waals surface area contributed by atoms with Gasteiger partial charge >= 0.3 is 5.97 Å². The molecular formula is C42H60N2O4. The van der Waals surface area contributed by atoms with Crippen molar-refractivity contribution in [1.82, 2.24) is 4.90 Å². The summed E-state index contributed by atoms with van der Waals surface area (Å²) in [6.45, 7) is 21.4. The zero-order valence-electron chi connectivity index (χ0n) is 31.2. The van der Waals surface area contributed by atoms with Gasteiger partial charge < -0.3 is 14.7 Å². The molecule has 1 aliphatic rings. The fraction of sp³-hybridized carbons (Fsp3) is 0.500. The van der Waals surface area contributed by atoms with Crippen molar-refractivity contribution in [3.8, 4) is 16.9 Å². The number of carbonyl (C=O) groups excluding carboxylic acids is 1. The Hall–Kier alpha value is -3.93. The van der Waals surface area contributed by atoms with E-state index in [4.69, 9.17) is 10.1 Å². The lowest BCUT2D eigenvalue weighted by Gasteiger charge is -2.23. The minimum atomic E-state index is -0.836. The number of hydrogen-bond acceptors (Lipinski definition) is 4. The molecule has 0 aliphatic heterocycles. The van der Waals surface area contributed by atoms with Crippen LogP contribution in [0, 0.1) is 11.3 Å². The molecule has 48 heavy (non-hydrogen) atoms. The van der Waals surface area contributed by atoms with Crippen LogP contribution in [0.15, 0.2) is 66.7 Å². The largest absolute Gasteiger partial charge is 0.494 e. The van der Waals surface area contributed by atoms with E-state index >= 15 is 0 Å². The highest BCUT2D eigenvalue weighted by atomic mass is 16.5. The molecule has 0 atom stereocenters. The predicted octanol–water partition coefficient (Wildman–Crippen LogP) is 10.2. The van der Waals surface area contributed by atoms with Gasteiger partial charge in [0.05, 0.1) is 12.0 Å². The van der Waals surface area contributed by atoms with E-state index in [1.54, 1.807) is 4.90 Å². The molecule has 0 spiro atoms. The number of amidine groups is 1. The van der Waals surface area contributed by atoms with Gasteiger partial charge in [-0.2, -0.15) is 0 Å². The molecule has 6 heteroatoms. The lowest BCUT2D eigenvalue weighted by Crippen LogP contribution is -2.38. The second-order valence-corrected chi connectivity index (χ2v) is 13.6. The molecular weight excluding hydrogens is 596 g/mol. The van der Waals surface area contributed by atoms with Crippen LogP contribution in [0.5, 0.6) is 5.75 Å². The SMILES string of the molecule is CC.CCOc1ccc(-c2cccc(CCCC(=N)N(CC)C(=O)C(C)C)c2)cc1C1(C(=O)O)CC1.CCc1ccc(C(C)(C)C)cc1. The Morgan fingerprint density at radius 3 is 2.04 bits per heavy atom. The lowest BCUT2D eigenvalue weighted by atomic mass is 9.86. The third-order valence-electron chi connectivity index (χ3n) is 8.72. The quantitative estimate of drug-likeness (QED) is 0.150. The van der Waals surface area contributed by atoms with Crippen LogP contribution in [-0.2, 0) is 33.3 Å². The molecule has 1 amide bonds. The summed E-state index contributed by atoms with van der Waals surface area (Å²) in [5.74, 6) is 0.107. The zero-order valence-corrected chi connectivity index (χ0v) is 31.2. The predicted molar refractivity (Wildman–Crippen MR) is 200 cm³/mol.